The number of carbonyl (C=O) groups excluding carboxylic acids is 1. The van der Waals surface area contributed by atoms with E-state index in [1.165, 1.54) is 0 Å². The van der Waals surface area contributed by atoms with E-state index in [4.69, 9.17) is 14.7 Å². The summed E-state index contributed by atoms with van der Waals surface area (Å²) >= 11 is 2.35. The Balaban J connectivity index is 1.74. The largest absolute Gasteiger partial charge is 0.396 e. The standard InChI is InChI=1S/C18H20FN3O4S2/c19-15-10-20-18(28-15)21-17(24)16(22-26-13-6-8-25-11-13)12-2-4-14(5-3-12)27-9-1-7-23/h2-5,10,13,23H,1,6-9,11H2,(H,20,21,24)/t13-/m1/s1. The van der Waals surface area contributed by atoms with E-state index in [2.05, 4.69) is 15.5 Å². The number of hydrogen-bond donors (Lipinski definition) is 2. The molecule has 1 aromatic heterocycles. The third-order valence-corrected chi connectivity index (χ3v) is 5.59. The first kappa shape index (κ1) is 20.7. The molecule has 1 amide bonds. The molecule has 0 bridgehead atoms. The Morgan fingerprint density at radius 3 is 2.93 bits per heavy atom. The van der Waals surface area contributed by atoms with Crippen LogP contribution < -0.4 is 5.32 Å². The number of hydrogen-bond acceptors (Lipinski definition) is 8. The molecule has 2 N–H and O–H groups in total. The molecule has 1 fully saturated rings. The van der Waals surface area contributed by atoms with Crippen molar-refractivity contribution in [2.45, 2.75) is 23.8 Å². The van der Waals surface area contributed by atoms with Crippen LogP contribution in [0.2, 0.25) is 0 Å². The number of nitrogens with one attached hydrogen (secondary N) is 1. The van der Waals surface area contributed by atoms with Gasteiger partial charge in [-0.3, -0.25) is 10.1 Å². The smallest absolute Gasteiger partial charge is 0.280 e. The van der Waals surface area contributed by atoms with Gasteiger partial charge in [0.25, 0.3) is 5.91 Å². The van der Waals surface area contributed by atoms with Crippen LogP contribution in [0.25, 0.3) is 0 Å². The van der Waals surface area contributed by atoms with Gasteiger partial charge in [-0.15, -0.1) is 11.8 Å². The predicted octanol–water partition coefficient (Wildman–Crippen LogP) is 2.91. The summed E-state index contributed by atoms with van der Waals surface area (Å²) in [5.74, 6) is 0.270. The highest BCUT2D eigenvalue weighted by molar-refractivity contribution is 7.99. The van der Waals surface area contributed by atoms with Crippen LogP contribution in [0.3, 0.4) is 0 Å². The molecule has 150 valence electrons. The summed E-state index contributed by atoms with van der Waals surface area (Å²) in [6.45, 7) is 1.18. The lowest BCUT2D eigenvalue weighted by Gasteiger charge is -2.10. The summed E-state index contributed by atoms with van der Waals surface area (Å²) < 4.78 is 18.4. The number of nitrogens with zero attached hydrogens (tertiary/aromatic N) is 2. The van der Waals surface area contributed by atoms with Crippen molar-refractivity contribution in [2.24, 2.45) is 5.16 Å². The van der Waals surface area contributed by atoms with E-state index in [9.17, 15) is 9.18 Å². The minimum atomic E-state index is -0.533. The number of ether oxygens (including phenoxy) is 1. The fourth-order valence-electron chi connectivity index (χ4n) is 2.38. The van der Waals surface area contributed by atoms with Crippen molar-refractivity contribution in [3.63, 3.8) is 0 Å². The Labute approximate surface area is 169 Å². The van der Waals surface area contributed by atoms with E-state index in [-0.39, 0.29) is 23.6 Å². The maximum atomic E-state index is 13.1. The predicted molar refractivity (Wildman–Crippen MR) is 106 cm³/mol. The summed E-state index contributed by atoms with van der Waals surface area (Å²) in [6, 6.07) is 7.30. The van der Waals surface area contributed by atoms with Crippen LogP contribution in [-0.2, 0) is 14.4 Å². The SMILES string of the molecule is O=C(Nc1ncc(F)s1)C(=NO[C@@H]1CCOC1)c1ccc(SCCCO)cc1. The maximum Gasteiger partial charge on any atom is 0.280 e. The number of anilines is 1. The van der Waals surface area contributed by atoms with Gasteiger partial charge in [-0.2, -0.15) is 4.39 Å². The van der Waals surface area contributed by atoms with Gasteiger partial charge >= 0.3 is 0 Å². The number of aliphatic hydroxyl groups excluding tert-OH is 1. The molecule has 1 atom stereocenters. The molecular weight excluding hydrogens is 405 g/mol. The molecule has 1 aliphatic heterocycles. The van der Waals surface area contributed by atoms with E-state index in [0.717, 1.165) is 28.2 Å². The second-order valence-electron chi connectivity index (χ2n) is 5.90. The van der Waals surface area contributed by atoms with Crippen LogP contribution in [0.5, 0.6) is 0 Å². The van der Waals surface area contributed by atoms with Gasteiger partial charge in [0.2, 0.25) is 0 Å². The summed E-state index contributed by atoms with van der Waals surface area (Å²) in [5, 5.41) is 15.1. The highest BCUT2D eigenvalue weighted by atomic mass is 32.2. The van der Waals surface area contributed by atoms with E-state index in [1.807, 2.05) is 12.1 Å². The Bertz CT molecular complexity index is 807. The first-order valence-corrected chi connectivity index (χ1v) is 10.5. The summed E-state index contributed by atoms with van der Waals surface area (Å²) in [4.78, 5) is 23.0. The molecule has 0 radical (unpaired) electrons. The quantitative estimate of drug-likeness (QED) is 0.278. The molecule has 10 heteroatoms. The second-order valence-corrected chi connectivity index (χ2v) is 8.05. The zero-order chi connectivity index (χ0) is 19.8. The van der Waals surface area contributed by atoms with Crippen molar-refractivity contribution >= 4 is 39.8 Å². The van der Waals surface area contributed by atoms with Gasteiger partial charge in [0.05, 0.1) is 19.4 Å². The highest BCUT2D eigenvalue weighted by Gasteiger charge is 2.21. The number of thiazole rings is 1. The first-order valence-electron chi connectivity index (χ1n) is 8.74. The molecule has 0 aliphatic carbocycles. The number of rotatable bonds is 9. The van der Waals surface area contributed by atoms with E-state index in [1.54, 1.807) is 23.9 Å². The lowest BCUT2D eigenvalue weighted by Crippen LogP contribution is -2.25. The van der Waals surface area contributed by atoms with Gasteiger partial charge < -0.3 is 14.7 Å². The van der Waals surface area contributed by atoms with Crippen LogP contribution in [0.4, 0.5) is 9.52 Å². The molecule has 2 aromatic rings. The van der Waals surface area contributed by atoms with Crippen molar-refractivity contribution in [1.29, 1.82) is 0 Å². The third kappa shape index (κ3) is 5.99. The van der Waals surface area contributed by atoms with Gasteiger partial charge in [-0.05, 0) is 18.6 Å². The van der Waals surface area contributed by atoms with E-state index >= 15 is 0 Å². The van der Waals surface area contributed by atoms with Crippen LogP contribution in [0, 0.1) is 5.13 Å². The van der Waals surface area contributed by atoms with Crippen molar-refractivity contribution < 1.29 is 23.9 Å². The van der Waals surface area contributed by atoms with Gasteiger partial charge in [-0.25, -0.2) is 4.98 Å². The number of oxime groups is 1. The zero-order valence-electron chi connectivity index (χ0n) is 15.0. The number of thioether (sulfide) groups is 1. The fraction of sp³-hybridized carbons (Fsp3) is 0.389. The average Bonchev–Trinajstić information content (AvgIpc) is 3.35. The van der Waals surface area contributed by atoms with Crippen LogP contribution in [0.1, 0.15) is 18.4 Å². The van der Waals surface area contributed by atoms with E-state index < -0.39 is 11.0 Å². The Morgan fingerprint density at radius 1 is 1.46 bits per heavy atom. The van der Waals surface area contributed by atoms with Gasteiger partial charge in [0.1, 0.15) is 0 Å². The van der Waals surface area contributed by atoms with Gasteiger partial charge in [-0.1, -0.05) is 28.6 Å². The van der Waals surface area contributed by atoms with Crippen molar-refractivity contribution in [1.82, 2.24) is 4.98 Å². The molecule has 0 saturated carbocycles. The molecule has 2 heterocycles. The normalized spacial score (nSPS) is 16.9. The topological polar surface area (TPSA) is 93.0 Å². The number of halogens is 1. The number of aromatic nitrogens is 1. The molecule has 0 unspecified atom stereocenters. The number of amides is 1. The molecule has 7 nitrogen and oxygen atoms in total. The molecule has 1 aromatic carbocycles. The lowest BCUT2D eigenvalue weighted by atomic mass is 10.1. The van der Waals surface area contributed by atoms with Crippen LogP contribution in [0.15, 0.2) is 40.5 Å². The van der Waals surface area contributed by atoms with Crippen LogP contribution in [-0.4, -0.2) is 53.4 Å². The fourth-order valence-corrected chi connectivity index (χ4v) is 3.76. The highest BCUT2D eigenvalue weighted by Crippen LogP contribution is 2.21. The number of benzene rings is 1. The molecular formula is C18H20FN3O4S2. The molecule has 1 saturated heterocycles. The summed E-state index contributed by atoms with van der Waals surface area (Å²) in [7, 11) is 0. The Morgan fingerprint density at radius 2 is 2.29 bits per heavy atom. The van der Waals surface area contributed by atoms with Crippen LogP contribution >= 0.6 is 23.1 Å². The lowest BCUT2D eigenvalue weighted by molar-refractivity contribution is -0.110. The Kier molecular flexibility index (Phi) is 7.78. The summed E-state index contributed by atoms with van der Waals surface area (Å²) in [5.41, 5.74) is 0.648. The van der Waals surface area contributed by atoms with E-state index in [0.29, 0.717) is 31.6 Å². The molecule has 3 rings (SSSR count). The Hall–Kier alpha value is -2.01. The van der Waals surface area contributed by atoms with Crippen molar-refractivity contribution in [3.8, 4) is 0 Å². The minimum Gasteiger partial charge on any atom is -0.396 e. The zero-order valence-corrected chi connectivity index (χ0v) is 16.6. The van der Waals surface area contributed by atoms with Crippen molar-refractivity contribution in [3.05, 3.63) is 41.2 Å². The average molecular weight is 426 g/mol. The first-order chi connectivity index (χ1) is 13.7. The van der Waals surface area contributed by atoms with Gasteiger partial charge in [0.15, 0.2) is 22.1 Å². The molecule has 1 aliphatic rings. The van der Waals surface area contributed by atoms with Gasteiger partial charge in [0, 0.05) is 29.2 Å². The maximum absolute atomic E-state index is 13.1. The second kappa shape index (κ2) is 10.5. The minimum absolute atomic E-state index is 0.0782. The third-order valence-electron chi connectivity index (χ3n) is 3.79. The number of aliphatic hydroxyl groups is 1. The monoisotopic (exact) mass is 425 g/mol. The molecule has 0 spiro atoms. The number of carbonyl (C=O) groups is 1. The summed E-state index contributed by atoms with van der Waals surface area (Å²) in [6.07, 6.45) is 2.26. The molecule has 28 heavy (non-hydrogen) atoms. The van der Waals surface area contributed by atoms with Crippen molar-refractivity contribution in [2.75, 3.05) is 30.9 Å².